The van der Waals surface area contributed by atoms with Crippen LogP contribution in [0.15, 0.2) is 15.7 Å². The predicted molar refractivity (Wildman–Crippen MR) is 70.2 cm³/mol. The smallest absolute Gasteiger partial charge is 0.271 e. The van der Waals surface area contributed by atoms with E-state index in [4.69, 9.17) is 0 Å². The Morgan fingerprint density at radius 2 is 2.10 bits per heavy atom. The number of fused-ring (bicyclic) bond motifs is 2. The molecular formula is C12H7F2N3O2S. The molecule has 1 aliphatic rings. The number of hydrogen-bond acceptors (Lipinski definition) is 4. The molecule has 1 saturated carbocycles. The molecule has 1 aliphatic carbocycles. The summed E-state index contributed by atoms with van der Waals surface area (Å²) in [5.74, 6) is -2.43. The highest BCUT2D eigenvalue weighted by Crippen LogP contribution is 2.39. The topological polar surface area (TPSA) is 67.8 Å². The van der Waals surface area contributed by atoms with E-state index in [1.54, 1.807) is 4.57 Å². The fourth-order valence-corrected chi connectivity index (χ4v) is 3.29. The molecule has 8 heteroatoms. The third kappa shape index (κ3) is 1.42. The van der Waals surface area contributed by atoms with E-state index in [1.807, 2.05) is 0 Å². The number of aromatic nitrogens is 3. The van der Waals surface area contributed by atoms with Crippen molar-refractivity contribution >= 4 is 32.8 Å². The van der Waals surface area contributed by atoms with Crippen LogP contribution in [0.1, 0.15) is 18.9 Å². The number of hydrogen-bond donors (Lipinski definition) is 1. The Morgan fingerprint density at radius 1 is 1.35 bits per heavy atom. The highest BCUT2D eigenvalue weighted by atomic mass is 32.1. The maximum Gasteiger partial charge on any atom is 0.271 e. The van der Waals surface area contributed by atoms with Crippen LogP contribution in [0.3, 0.4) is 0 Å². The van der Waals surface area contributed by atoms with E-state index in [0.717, 1.165) is 30.4 Å². The minimum atomic E-state index is -1.24. The molecule has 20 heavy (non-hydrogen) atoms. The van der Waals surface area contributed by atoms with Crippen LogP contribution in [-0.2, 0) is 0 Å². The quantitative estimate of drug-likeness (QED) is 0.697. The minimum Gasteiger partial charge on any atom is -0.312 e. The molecule has 4 rings (SSSR count). The van der Waals surface area contributed by atoms with E-state index >= 15 is 0 Å². The van der Waals surface area contributed by atoms with Gasteiger partial charge in [0.1, 0.15) is 15.9 Å². The van der Waals surface area contributed by atoms with E-state index in [9.17, 15) is 18.4 Å². The highest BCUT2D eigenvalue weighted by molar-refractivity contribution is 7.12. The average Bonchev–Trinajstić information content (AvgIpc) is 3.16. The number of rotatable bonds is 1. The van der Waals surface area contributed by atoms with Crippen molar-refractivity contribution in [2.45, 2.75) is 18.9 Å². The van der Waals surface area contributed by atoms with Gasteiger partial charge in [-0.05, 0) is 30.4 Å². The van der Waals surface area contributed by atoms with Crippen LogP contribution < -0.4 is 11.0 Å². The molecule has 5 nitrogen and oxygen atoms in total. The summed E-state index contributed by atoms with van der Waals surface area (Å²) in [6.45, 7) is 0. The van der Waals surface area contributed by atoms with E-state index in [-0.39, 0.29) is 22.5 Å². The molecule has 1 fully saturated rings. The molecule has 0 amide bonds. The number of nitrogens with one attached hydrogen (secondary N) is 1. The molecule has 0 spiro atoms. The Labute approximate surface area is 113 Å². The first kappa shape index (κ1) is 11.7. The molecule has 0 radical (unpaired) electrons. The van der Waals surface area contributed by atoms with Crippen molar-refractivity contribution in [1.82, 2.24) is 13.9 Å². The highest BCUT2D eigenvalue weighted by Gasteiger charge is 2.29. The van der Waals surface area contributed by atoms with Crippen molar-refractivity contribution in [3.63, 3.8) is 0 Å². The van der Waals surface area contributed by atoms with Crippen molar-refractivity contribution in [2.24, 2.45) is 0 Å². The van der Waals surface area contributed by atoms with E-state index in [1.165, 1.54) is 0 Å². The first-order chi connectivity index (χ1) is 9.58. The second-order valence-corrected chi connectivity index (χ2v) is 5.57. The lowest BCUT2D eigenvalue weighted by Gasteiger charge is -2.10. The SMILES string of the molecule is O=c1[nH]sc2c1c(=O)c1cc(F)c(F)nc1n2C1CC1. The number of aromatic amines is 1. The molecule has 0 bridgehead atoms. The summed E-state index contributed by atoms with van der Waals surface area (Å²) >= 11 is 1.02. The van der Waals surface area contributed by atoms with Crippen LogP contribution in [0.5, 0.6) is 0 Å². The summed E-state index contributed by atoms with van der Waals surface area (Å²) in [5.41, 5.74) is -1.02. The van der Waals surface area contributed by atoms with Crippen LogP contribution in [0, 0.1) is 11.8 Å². The molecule has 3 aromatic rings. The third-order valence-electron chi connectivity index (χ3n) is 3.43. The van der Waals surface area contributed by atoms with Gasteiger partial charge in [-0.15, -0.1) is 0 Å². The first-order valence-electron chi connectivity index (χ1n) is 5.99. The Morgan fingerprint density at radius 3 is 2.80 bits per heavy atom. The Bertz CT molecular complexity index is 984. The normalized spacial score (nSPS) is 15.3. The minimum absolute atomic E-state index is 0.0118. The summed E-state index contributed by atoms with van der Waals surface area (Å²) in [4.78, 5) is 28.0. The number of pyridine rings is 2. The van der Waals surface area contributed by atoms with Crippen molar-refractivity contribution in [1.29, 1.82) is 0 Å². The van der Waals surface area contributed by atoms with Gasteiger partial charge in [-0.25, -0.2) is 4.39 Å². The van der Waals surface area contributed by atoms with Crippen molar-refractivity contribution in [3.05, 3.63) is 38.4 Å². The van der Waals surface area contributed by atoms with Gasteiger partial charge in [0.05, 0.1) is 5.39 Å². The van der Waals surface area contributed by atoms with Crippen LogP contribution in [-0.4, -0.2) is 13.9 Å². The zero-order chi connectivity index (χ0) is 14.0. The number of H-pyrrole nitrogens is 1. The molecule has 0 saturated heterocycles. The van der Waals surface area contributed by atoms with Crippen LogP contribution in [0.4, 0.5) is 8.78 Å². The van der Waals surface area contributed by atoms with Gasteiger partial charge in [-0.2, -0.15) is 9.37 Å². The second-order valence-electron chi connectivity index (χ2n) is 4.78. The lowest BCUT2D eigenvalue weighted by Crippen LogP contribution is -2.16. The van der Waals surface area contributed by atoms with E-state index < -0.39 is 22.8 Å². The molecule has 0 aromatic carbocycles. The van der Waals surface area contributed by atoms with Gasteiger partial charge in [0.25, 0.3) is 11.5 Å². The van der Waals surface area contributed by atoms with Crippen LogP contribution in [0.2, 0.25) is 0 Å². The number of halogens is 2. The van der Waals surface area contributed by atoms with Crippen molar-refractivity contribution in [3.8, 4) is 0 Å². The van der Waals surface area contributed by atoms with E-state index in [2.05, 4.69) is 9.36 Å². The van der Waals surface area contributed by atoms with Crippen molar-refractivity contribution in [2.75, 3.05) is 0 Å². The summed E-state index contributed by atoms with van der Waals surface area (Å²) < 4.78 is 30.9. The molecule has 0 unspecified atom stereocenters. The lowest BCUT2D eigenvalue weighted by molar-refractivity contribution is 0.482. The Hall–Kier alpha value is -2.09. The lowest BCUT2D eigenvalue weighted by atomic mass is 10.2. The van der Waals surface area contributed by atoms with Gasteiger partial charge < -0.3 is 4.57 Å². The zero-order valence-electron chi connectivity index (χ0n) is 9.94. The predicted octanol–water partition coefficient (Wildman–Crippen LogP) is 1.91. The summed E-state index contributed by atoms with van der Waals surface area (Å²) in [5, 5.41) is -0.0746. The van der Waals surface area contributed by atoms with Gasteiger partial charge in [0.15, 0.2) is 5.82 Å². The third-order valence-corrected chi connectivity index (χ3v) is 4.31. The summed E-state index contributed by atoms with van der Waals surface area (Å²) in [6.07, 6.45) is 1.72. The monoisotopic (exact) mass is 295 g/mol. The van der Waals surface area contributed by atoms with Crippen molar-refractivity contribution < 1.29 is 8.78 Å². The molecular weight excluding hydrogens is 288 g/mol. The van der Waals surface area contributed by atoms with Gasteiger partial charge in [0.2, 0.25) is 5.43 Å². The maximum atomic E-state index is 13.4. The average molecular weight is 295 g/mol. The van der Waals surface area contributed by atoms with Gasteiger partial charge in [-0.3, -0.25) is 14.0 Å². The Balaban J connectivity index is 2.34. The zero-order valence-corrected chi connectivity index (χ0v) is 10.8. The molecule has 0 aliphatic heterocycles. The molecule has 1 N–H and O–H groups in total. The van der Waals surface area contributed by atoms with Gasteiger partial charge in [-0.1, -0.05) is 0 Å². The van der Waals surface area contributed by atoms with Gasteiger partial charge in [0, 0.05) is 6.04 Å². The standard InChI is InChI=1S/C12H7F2N3O2S/c13-6-3-5-8(18)7-11(19)16-20-12(7)17(4-1-2-4)10(5)15-9(6)14/h3-4H,1-2H2,(H,16,19). The van der Waals surface area contributed by atoms with E-state index in [0.29, 0.717) is 4.83 Å². The van der Waals surface area contributed by atoms with Crippen LogP contribution in [0.25, 0.3) is 21.3 Å². The molecule has 3 aromatic heterocycles. The van der Waals surface area contributed by atoms with Crippen LogP contribution >= 0.6 is 11.5 Å². The van der Waals surface area contributed by atoms with Gasteiger partial charge >= 0.3 is 0 Å². The maximum absolute atomic E-state index is 13.4. The summed E-state index contributed by atoms with van der Waals surface area (Å²) in [6, 6.07) is 0.888. The fourth-order valence-electron chi connectivity index (χ4n) is 2.37. The first-order valence-corrected chi connectivity index (χ1v) is 6.81. The summed E-state index contributed by atoms with van der Waals surface area (Å²) in [7, 11) is 0. The fraction of sp³-hybridized carbons (Fsp3) is 0.250. The molecule has 3 heterocycles. The molecule has 102 valence electrons. The molecule has 0 atom stereocenters. The number of nitrogens with zero attached hydrogens (tertiary/aromatic N) is 2. The second kappa shape index (κ2) is 3.72. The largest absolute Gasteiger partial charge is 0.312 e. The Kier molecular flexibility index (Phi) is 2.18.